The number of hydrogen-bond acceptors (Lipinski definition) is 4. The van der Waals surface area contributed by atoms with Gasteiger partial charge in [-0.3, -0.25) is 0 Å². The van der Waals surface area contributed by atoms with E-state index in [0.717, 1.165) is 6.54 Å². The van der Waals surface area contributed by atoms with Gasteiger partial charge in [-0.05, 0) is 12.0 Å². The molecule has 0 spiro atoms. The molecule has 5 heteroatoms. The third kappa shape index (κ3) is 4.23. The number of aromatic nitrogens is 1. The molecular weight excluding hydrogens is 235 g/mol. The summed E-state index contributed by atoms with van der Waals surface area (Å²) in [5.41, 5.74) is 0.506. The zero-order valence-corrected chi connectivity index (χ0v) is 11.2. The van der Waals surface area contributed by atoms with E-state index in [4.69, 9.17) is 4.74 Å². The standard InChI is InChI=1S/C13H21FN2O2/c1-10(2)8-16(4-5-18-3)13-11(9-17)6-12(14)7-15-13/h6-7,10,17H,4-5,8-9H2,1-3H3. The number of methoxy groups -OCH3 is 1. The highest BCUT2D eigenvalue weighted by molar-refractivity contribution is 5.46. The van der Waals surface area contributed by atoms with Crippen LogP contribution in [0.5, 0.6) is 0 Å². The highest BCUT2D eigenvalue weighted by Gasteiger charge is 2.14. The number of aliphatic hydroxyl groups is 1. The molecule has 18 heavy (non-hydrogen) atoms. The molecule has 0 saturated heterocycles. The van der Waals surface area contributed by atoms with Crippen LogP contribution in [-0.4, -0.2) is 36.9 Å². The maximum absolute atomic E-state index is 13.1. The van der Waals surface area contributed by atoms with Gasteiger partial charge in [-0.25, -0.2) is 9.37 Å². The first-order chi connectivity index (χ1) is 8.58. The Balaban J connectivity index is 2.95. The van der Waals surface area contributed by atoms with Crippen molar-refractivity contribution in [2.45, 2.75) is 20.5 Å². The molecule has 1 aromatic heterocycles. The molecule has 1 N–H and O–H groups in total. The van der Waals surface area contributed by atoms with Crippen molar-refractivity contribution in [3.05, 3.63) is 23.6 Å². The summed E-state index contributed by atoms with van der Waals surface area (Å²) < 4.78 is 18.2. The van der Waals surface area contributed by atoms with Gasteiger partial charge in [0.1, 0.15) is 11.6 Å². The van der Waals surface area contributed by atoms with Crippen LogP contribution >= 0.6 is 0 Å². The first kappa shape index (κ1) is 14.9. The first-order valence-electron chi connectivity index (χ1n) is 6.07. The lowest BCUT2D eigenvalue weighted by Crippen LogP contribution is -2.32. The molecule has 4 nitrogen and oxygen atoms in total. The Morgan fingerprint density at radius 1 is 1.50 bits per heavy atom. The Morgan fingerprint density at radius 3 is 2.78 bits per heavy atom. The van der Waals surface area contributed by atoms with E-state index in [1.807, 2.05) is 4.90 Å². The molecule has 1 rings (SSSR count). The average molecular weight is 256 g/mol. The second-order valence-corrected chi connectivity index (χ2v) is 4.63. The van der Waals surface area contributed by atoms with Crippen LogP contribution in [0.4, 0.5) is 10.2 Å². The molecule has 0 fully saturated rings. The lowest BCUT2D eigenvalue weighted by Gasteiger charge is -2.27. The minimum atomic E-state index is -0.431. The van der Waals surface area contributed by atoms with E-state index in [1.165, 1.54) is 12.3 Å². The number of nitrogens with zero attached hydrogens (tertiary/aromatic N) is 2. The molecule has 0 aromatic carbocycles. The van der Waals surface area contributed by atoms with Crippen molar-refractivity contribution in [2.75, 3.05) is 31.7 Å². The largest absolute Gasteiger partial charge is 0.392 e. The summed E-state index contributed by atoms with van der Waals surface area (Å²) in [6.45, 7) is 6.00. The Hall–Kier alpha value is -1.20. The van der Waals surface area contributed by atoms with Crippen LogP contribution in [-0.2, 0) is 11.3 Å². The second-order valence-electron chi connectivity index (χ2n) is 4.63. The van der Waals surface area contributed by atoms with E-state index in [-0.39, 0.29) is 6.61 Å². The van der Waals surface area contributed by atoms with Gasteiger partial charge in [0, 0.05) is 25.8 Å². The monoisotopic (exact) mass is 256 g/mol. The summed E-state index contributed by atoms with van der Waals surface area (Å²) in [5, 5.41) is 9.29. The molecule has 0 aliphatic heterocycles. The molecule has 1 heterocycles. The van der Waals surface area contributed by atoms with Gasteiger partial charge in [-0.2, -0.15) is 0 Å². The molecule has 1 aromatic rings. The van der Waals surface area contributed by atoms with Gasteiger partial charge < -0.3 is 14.7 Å². The molecule has 0 atom stereocenters. The van der Waals surface area contributed by atoms with Crippen LogP contribution in [0.2, 0.25) is 0 Å². The maximum atomic E-state index is 13.1. The summed E-state index contributed by atoms with van der Waals surface area (Å²) in [4.78, 5) is 6.10. The lowest BCUT2D eigenvalue weighted by molar-refractivity contribution is 0.204. The van der Waals surface area contributed by atoms with Gasteiger partial charge in [0.05, 0.1) is 19.4 Å². The molecule has 0 aliphatic rings. The number of ether oxygens (including phenoxy) is 1. The van der Waals surface area contributed by atoms with Gasteiger partial charge in [-0.15, -0.1) is 0 Å². The first-order valence-corrected chi connectivity index (χ1v) is 6.07. The number of aliphatic hydroxyl groups excluding tert-OH is 1. The fraction of sp³-hybridized carbons (Fsp3) is 0.615. The van der Waals surface area contributed by atoms with Crippen molar-refractivity contribution in [3.63, 3.8) is 0 Å². The average Bonchev–Trinajstić information content (AvgIpc) is 2.34. The molecule has 0 amide bonds. The predicted molar refractivity (Wildman–Crippen MR) is 69.0 cm³/mol. The van der Waals surface area contributed by atoms with Gasteiger partial charge >= 0.3 is 0 Å². The molecule has 0 saturated carbocycles. The Labute approximate surface area is 107 Å². The summed E-state index contributed by atoms with van der Waals surface area (Å²) >= 11 is 0. The number of halogens is 1. The molecule has 0 radical (unpaired) electrons. The Kier molecular flexibility index (Phi) is 6.01. The topological polar surface area (TPSA) is 45.6 Å². The van der Waals surface area contributed by atoms with Crippen molar-refractivity contribution in [3.8, 4) is 0 Å². The normalized spacial score (nSPS) is 11.0. The summed E-state index contributed by atoms with van der Waals surface area (Å²) in [6.07, 6.45) is 1.18. The highest BCUT2D eigenvalue weighted by atomic mass is 19.1. The van der Waals surface area contributed by atoms with Crippen molar-refractivity contribution in [1.29, 1.82) is 0 Å². The zero-order valence-electron chi connectivity index (χ0n) is 11.2. The minimum absolute atomic E-state index is 0.221. The van der Waals surface area contributed by atoms with Gasteiger partial charge in [0.2, 0.25) is 0 Å². The second kappa shape index (κ2) is 7.28. The number of pyridine rings is 1. The third-order valence-corrected chi connectivity index (χ3v) is 2.53. The maximum Gasteiger partial charge on any atom is 0.142 e. The fourth-order valence-electron chi connectivity index (χ4n) is 1.80. The quantitative estimate of drug-likeness (QED) is 0.808. The smallest absolute Gasteiger partial charge is 0.142 e. The van der Waals surface area contributed by atoms with Crippen molar-refractivity contribution >= 4 is 5.82 Å². The van der Waals surface area contributed by atoms with Crippen LogP contribution in [0.25, 0.3) is 0 Å². The molecule has 0 bridgehead atoms. The highest BCUT2D eigenvalue weighted by Crippen LogP contribution is 2.19. The summed E-state index contributed by atoms with van der Waals surface area (Å²) in [7, 11) is 1.64. The molecular formula is C13H21FN2O2. The zero-order chi connectivity index (χ0) is 13.5. The molecule has 0 unspecified atom stereocenters. The van der Waals surface area contributed by atoms with Crippen LogP contribution < -0.4 is 4.90 Å². The van der Waals surface area contributed by atoms with Crippen molar-refractivity contribution in [2.24, 2.45) is 5.92 Å². The van der Waals surface area contributed by atoms with Gasteiger partial charge in [0.15, 0.2) is 0 Å². The van der Waals surface area contributed by atoms with Crippen LogP contribution in [0.3, 0.4) is 0 Å². The third-order valence-electron chi connectivity index (χ3n) is 2.53. The van der Waals surface area contributed by atoms with Crippen LogP contribution in [0, 0.1) is 11.7 Å². The van der Waals surface area contributed by atoms with E-state index in [9.17, 15) is 9.50 Å². The predicted octanol–water partition coefficient (Wildman–Crippen LogP) is 1.82. The number of hydrogen-bond donors (Lipinski definition) is 1. The van der Waals surface area contributed by atoms with E-state index in [1.54, 1.807) is 7.11 Å². The van der Waals surface area contributed by atoms with Crippen molar-refractivity contribution < 1.29 is 14.2 Å². The number of anilines is 1. The lowest BCUT2D eigenvalue weighted by atomic mass is 10.2. The van der Waals surface area contributed by atoms with Crippen LogP contribution in [0.15, 0.2) is 12.3 Å². The van der Waals surface area contributed by atoms with Crippen molar-refractivity contribution in [1.82, 2.24) is 4.98 Å². The minimum Gasteiger partial charge on any atom is -0.392 e. The Morgan fingerprint density at radius 2 is 2.22 bits per heavy atom. The molecule has 102 valence electrons. The van der Waals surface area contributed by atoms with Gasteiger partial charge in [0.25, 0.3) is 0 Å². The summed E-state index contributed by atoms with van der Waals surface area (Å²) in [6, 6.07) is 1.32. The van der Waals surface area contributed by atoms with E-state index in [2.05, 4.69) is 18.8 Å². The summed E-state index contributed by atoms with van der Waals surface area (Å²) in [5.74, 6) is 0.643. The Bertz CT molecular complexity index is 372. The van der Waals surface area contributed by atoms with Gasteiger partial charge in [-0.1, -0.05) is 13.8 Å². The van der Waals surface area contributed by atoms with Crippen LogP contribution in [0.1, 0.15) is 19.4 Å². The molecule has 0 aliphatic carbocycles. The van der Waals surface area contributed by atoms with E-state index >= 15 is 0 Å². The fourth-order valence-corrected chi connectivity index (χ4v) is 1.80. The van der Waals surface area contributed by atoms with E-state index in [0.29, 0.717) is 30.5 Å². The number of rotatable bonds is 7. The SMILES string of the molecule is COCCN(CC(C)C)c1ncc(F)cc1CO. The van der Waals surface area contributed by atoms with E-state index < -0.39 is 5.82 Å².